The molecule has 4 atom stereocenters. The second-order valence-electron chi connectivity index (χ2n) is 8.38. The van der Waals surface area contributed by atoms with E-state index in [9.17, 15) is 29.1 Å². The summed E-state index contributed by atoms with van der Waals surface area (Å²) in [7, 11) is 0. The van der Waals surface area contributed by atoms with Crippen LogP contribution in [0.3, 0.4) is 0 Å². The molecule has 0 aromatic carbocycles. The minimum atomic E-state index is -1.20. The Morgan fingerprint density at radius 3 is 1.91 bits per heavy atom. The van der Waals surface area contributed by atoms with Crippen molar-refractivity contribution in [3.05, 3.63) is 0 Å². The molecule has 0 saturated heterocycles. The molecule has 0 rings (SSSR count). The van der Waals surface area contributed by atoms with Gasteiger partial charge in [0, 0.05) is 0 Å². The van der Waals surface area contributed by atoms with Crippen LogP contribution in [0.2, 0.25) is 0 Å². The Balaban J connectivity index is 5.39. The average Bonchev–Trinajstić information content (AvgIpc) is 2.66. The summed E-state index contributed by atoms with van der Waals surface area (Å²) in [4.78, 5) is 60.4. The first-order valence-electron chi connectivity index (χ1n) is 10.5. The van der Waals surface area contributed by atoms with Gasteiger partial charge in [-0.15, -0.1) is 0 Å². The Labute approximate surface area is 193 Å². The number of nitrogens with two attached hydrogens (primary N) is 2. The van der Waals surface area contributed by atoms with Crippen molar-refractivity contribution >= 4 is 41.4 Å². The van der Waals surface area contributed by atoms with Crippen LogP contribution in [0.4, 0.5) is 0 Å². The van der Waals surface area contributed by atoms with Crippen LogP contribution in [0.25, 0.3) is 0 Å². The molecule has 0 radical (unpaired) electrons. The van der Waals surface area contributed by atoms with Gasteiger partial charge < -0.3 is 32.5 Å². The lowest BCUT2D eigenvalue weighted by atomic mass is 9.99. The standard InChI is InChI=1S/C20H37N5O6S/c1-10(2)8-14(24-17(27)12(21)9-15(22)26)18(28)25-16(11(3)4)19(29)23-13(20(30)31)6-7-32-5/h10-14,16H,6-9,21H2,1-5H3,(H2,22,26)(H,23,29)(H,24,27)(H,25,28)(H,30,31). The Bertz CT molecular complexity index is 673. The predicted octanol–water partition coefficient (Wildman–Crippen LogP) is -0.817. The van der Waals surface area contributed by atoms with Crippen LogP contribution in [0.5, 0.6) is 0 Å². The number of carbonyl (C=O) groups is 5. The van der Waals surface area contributed by atoms with Gasteiger partial charge in [0.1, 0.15) is 18.1 Å². The quantitative estimate of drug-likeness (QED) is 0.177. The molecule has 8 N–H and O–H groups in total. The number of carbonyl (C=O) groups excluding carboxylic acids is 4. The number of hydrogen-bond acceptors (Lipinski definition) is 7. The topological polar surface area (TPSA) is 194 Å². The Morgan fingerprint density at radius 2 is 1.47 bits per heavy atom. The predicted molar refractivity (Wildman–Crippen MR) is 123 cm³/mol. The second kappa shape index (κ2) is 14.7. The minimum absolute atomic E-state index is 0.0210. The summed E-state index contributed by atoms with van der Waals surface area (Å²) in [5.74, 6) is -3.63. The van der Waals surface area contributed by atoms with Gasteiger partial charge in [0.05, 0.1) is 12.5 Å². The molecule has 0 heterocycles. The molecule has 4 unspecified atom stereocenters. The van der Waals surface area contributed by atoms with Crippen LogP contribution >= 0.6 is 11.8 Å². The van der Waals surface area contributed by atoms with Gasteiger partial charge in [-0.3, -0.25) is 19.2 Å². The number of carboxylic acid groups (broad SMARTS) is 1. The highest BCUT2D eigenvalue weighted by atomic mass is 32.2. The third-order valence-electron chi connectivity index (χ3n) is 4.57. The van der Waals surface area contributed by atoms with E-state index in [1.54, 1.807) is 13.8 Å². The monoisotopic (exact) mass is 475 g/mol. The van der Waals surface area contributed by atoms with Crippen molar-refractivity contribution in [1.29, 1.82) is 0 Å². The Hall–Kier alpha value is -2.34. The van der Waals surface area contributed by atoms with E-state index < -0.39 is 53.8 Å². The minimum Gasteiger partial charge on any atom is -0.480 e. The number of rotatable bonds is 15. The molecule has 0 aromatic rings. The molecule has 4 amide bonds. The summed E-state index contributed by atoms with van der Waals surface area (Å²) in [6.45, 7) is 7.12. The first kappa shape index (κ1) is 29.7. The largest absolute Gasteiger partial charge is 0.480 e. The molecule has 0 aromatic heterocycles. The third-order valence-corrected chi connectivity index (χ3v) is 5.21. The molecule has 0 saturated carbocycles. The summed E-state index contributed by atoms with van der Waals surface area (Å²) >= 11 is 1.46. The van der Waals surface area contributed by atoms with E-state index in [1.807, 2.05) is 20.1 Å². The lowest BCUT2D eigenvalue weighted by Crippen LogP contribution is -2.58. The van der Waals surface area contributed by atoms with Gasteiger partial charge in [-0.2, -0.15) is 11.8 Å². The zero-order chi connectivity index (χ0) is 25.0. The number of amides is 4. The molecular formula is C20H37N5O6S. The van der Waals surface area contributed by atoms with Crippen molar-refractivity contribution in [2.45, 2.75) is 71.1 Å². The van der Waals surface area contributed by atoms with E-state index in [4.69, 9.17) is 11.5 Å². The molecule has 0 aliphatic heterocycles. The van der Waals surface area contributed by atoms with Gasteiger partial charge in [-0.05, 0) is 36.7 Å². The van der Waals surface area contributed by atoms with E-state index in [2.05, 4.69) is 16.0 Å². The smallest absolute Gasteiger partial charge is 0.326 e. The number of carboxylic acids is 1. The van der Waals surface area contributed by atoms with Crippen LogP contribution in [-0.4, -0.2) is 70.9 Å². The van der Waals surface area contributed by atoms with Crippen LogP contribution in [0, 0.1) is 11.8 Å². The van der Waals surface area contributed by atoms with Gasteiger partial charge in [0.25, 0.3) is 0 Å². The highest BCUT2D eigenvalue weighted by Crippen LogP contribution is 2.09. The number of nitrogens with one attached hydrogen (secondary N) is 3. The highest BCUT2D eigenvalue weighted by Gasteiger charge is 2.32. The third kappa shape index (κ3) is 11.3. The lowest BCUT2D eigenvalue weighted by Gasteiger charge is -2.27. The lowest BCUT2D eigenvalue weighted by molar-refractivity contribution is -0.142. The molecule has 0 aliphatic carbocycles. The number of aliphatic carboxylic acids is 1. The van der Waals surface area contributed by atoms with E-state index >= 15 is 0 Å². The fourth-order valence-corrected chi connectivity index (χ4v) is 3.31. The molecule has 0 aliphatic rings. The van der Waals surface area contributed by atoms with Crippen molar-refractivity contribution in [3.8, 4) is 0 Å². The maximum absolute atomic E-state index is 12.9. The fraction of sp³-hybridized carbons (Fsp3) is 0.750. The van der Waals surface area contributed by atoms with Gasteiger partial charge in [-0.1, -0.05) is 27.7 Å². The first-order valence-corrected chi connectivity index (χ1v) is 11.9. The number of thioether (sulfide) groups is 1. The van der Waals surface area contributed by atoms with Crippen molar-refractivity contribution in [2.24, 2.45) is 23.3 Å². The molecule has 32 heavy (non-hydrogen) atoms. The summed E-state index contributed by atoms with van der Waals surface area (Å²) in [5.41, 5.74) is 10.7. The molecule has 184 valence electrons. The molecular weight excluding hydrogens is 438 g/mol. The summed E-state index contributed by atoms with van der Waals surface area (Å²) in [6.07, 6.45) is 1.96. The molecule has 11 nitrogen and oxygen atoms in total. The Morgan fingerprint density at radius 1 is 0.906 bits per heavy atom. The molecule has 12 heteroatoms. The van der Waals surface area contributed by atoms with Crippen LogP contribution in [0.15, 0.2) is 0 Å². The zero-order valence-electron chi connectivity index (χ0n) is 19.3. The maximum Gasteiger partial charge on any atom is 0.326 e. The highest BCUT2D eigenvalue weighted by molar-refractivity contribution is 7.98. The van der Waals surface area contributed by atoms with Gasteiger partial charge >= 0.3 is 5.97 Å². The normalized spacial score (nSPS) is 14.9. The summed E-state index contributed by atoms with van der Waals surface area (Å²) < 4.78 is 0. The summed E-state index contributed by atoms with van der Waals surface area (Å²) in [5, 5.41) is 16.9. The van der Waals surface area contributed by atoms with E-state index in [1.165, 1.54) is 11.8 Å². The number of hydrogen-bond donors (Lipinski definition) is 6. The molecule has 0 bridgehead atoms. The average molecular weight is 476 g/mol. The van der Waals surface area contributed by atoms with Gasteiger partial charge in [0.2, 0.25) is 23.6 Å². The first-order chi connectivity index (χ1) is 14.8. The van der Waals surface area contributed by atoms with Crippen molar-refractivity contribution in [1.82, 2.24) is 16.0 Å². The van der Waals surface area contributed by atoms with Crippen molar-refractivity contribution in [3.63, 3.8) is 0 Å². The Kier molecular flexibility index (Phi) is 13.6. The van der Waals surface area contributed by atoms with E-state index in [-0.39, 0.29) is 31.1 Å². The van der Waals surface area contributed by atoms with E-state index in [0.717, 1.165) is 0 Å². The van der Waals surface area contributed by atoms with Crippen LogP contribution in [-0.2, 0) is 24.0 Å². The van der Waals surface area contributed by atoms with Crippen molar-refractivity contribution < 1.29 is 29.1 Å². The second-order valence-corrected chi connectivity index (χ2v) is 9.36. The maximum atomic E-state index is 12.9. The van der Waals surface area contributed by atoms with Crippen LogP contribution < -0.4 is 27.4 Å². The van der Waals surface area contributed by atoms with Crippen LogP contribution in [0.1, 0.15) is 47.0 Å². The molecule has 0 spiro atoms. The number of primary amides is 1. The summed E-state index contributed by atoms with van der Waals surface area (Å²) in [6, 6.07) is -4.29. The zero-order valence-corrected chi connectivity index (χ0v) is 20.2. The van der Waals surface area contributed by atoms with E-state index in [0.29, 0.717) is 5.75 Å². The molecule has 0 fully saturated rings. The van der Waals surface area contributed by atoms with Gasteiger partial charge in [-0.25, -0.2) is 4.79 Å². The van der Waals surface area contributed by atoms with Gasteiger partial charge in [0.15, 0.2) is 0 Å². The fourth-order valence-electron chi connectivity index (χ4n) is 2.83. The SMILES string of the molecule is CSCCC(NC(=O)C(NC(=O)C(CC(C)C)NC(=O)C(N)CC(N)=O)C(C)C)C(=O)O. The van der Waals surface area contributed by atoms with Crippen molar-refractivity contribution in [2.75, 3.05) is 12.0 Å².